The summed E-state index contributed by atoms with van der Waals surface area (Å²) in [6.07, 6.45) is 0. The molecular weight excluding hydrogens is 729 g/mol. The third-order valence-corrected chi connectivity index (χ3v) is 13.0. The standard InChI is InChI=1S/C56H38N4/c1-35-17-9-13-25-45(35)57(37-19-5-3-6-20-37)49-31-29-39-43-33-52-44(34-51(43)59-47-27-15-11-23-41(47)53(49)55(39)59)40-30-32-50(54-42-24-12-16-28-48(42)60(52)56(40)54)58(38-21-7-4-8-22-38)46-26-14-10-18-36(46)2/h3-34H,1-2H3. The molecule has 0 amide bonds. The molecule has 0 fully saturated rings. The van der Waals surface area contributed by atoms with Crippen LogP contribution in [0, 0.1) is 13.8 Å². The average molecular weight is 767 g/mol. The fraction of sp³-hybridized carbons (Fsp3) is 0.0357. The van der Waals surface area contributed by atoms with Gasteiger partial charge in [-0.25, -0.2) is 0 Å². The van der Waals surface area contributed by atoms with Crippen molar-refractivity contribution in [2.45, 2.75) is 13.8 Å². The first-order valence-electron chi connectivity index (χ1n) is 20.8. The van der Waals surface area contributed by atoms with Gasteiger partial charge < -0.3 is 18.6 Å². The van der Waals surface area contributed by atoms with Crippen LogP contribution in [-0.4, -0.2) is 8.80 Å². The Morgan fingerprint density at radius 2 is 0.683 bits per heavy atom. The molecule has 4 heterocycles. The molecule has 4 aromatic heterocycles. The number of hydrogen-bond acceptors (Lipinski definition) is 2. The van der Waals surface area contributed by atoms with Crippen molar-refractivity contribution >= 4 is 110 Å². The molecule has 0 radical (unpaired) electrons. The van der Waals surface area contributed by atoms with Crippen LogP contribution in [0.2, 0.25) is 0 Å². The molecule has 0 saturated heterocycles. The second-order valence-electron chi connectivity index (χ2n) is 16.2. The molecule has 0 bridgehead atoms. The van der Waals surface area contributed by atoms with E-state index in [1.54, 1.807) is 0 Å². The normalized spacial score (nSPS) is 12.2. The van der Waals surface area contributed by atoms with Crippen molar-refractivity contribution in [3.05, 3.63) is 205 Å². The Bertz CT molecular complexity index is 3550. The van der Waals surface area contributed by atoms with Crippen LogP contribution in [0.3, 0.4) is 0 Å². The van der Waals surface area contributed by atoms with E-state index >= 15 is 0 Å². The van der Waals surface area contributed by atoms with E-state index in [4.69, 9.17) is 0 Å². The number of hydrogen-bond donors (Lipinski definition) is 0. The Morgan fingerprint density at radius 1 is 0.300 bits per heavy atom. The molecule has 0 spiro atoms. The van der Waals surface area contributed by atoms with Crippen molar-refractivity contribution in [3.63, 3.8) is 0 Å². The Hall–Kier alpha value is -7.82. The van der Waals surface area contributed by atoms with Gasteiger partial charge in [0.05, 0.1) is 44.5 Å². The Labute approximate surface area is 346 Å². The first kappa shape index (κ1) is 33.2. The van der Waals surface area contributed by atoms with Gasteiger partial charge in [-0.2, -0.15) is 0 Å². The van der Waals surface area contributed by atoms with Gasteiger partial charge in [0.15, 0.2) is 0 Å². The summed E-state index contributed by atoms with van der Waals surface area (Å²) in [6.45, 7) is 4.42. The third-order valence-electron chi connectivity index (χ3n) is 13.0. The highest BCUT2D eigenvalue weighted by atomic mass is 15.2. The van der Waals surface area contributed by atoms with E-state index in [9.17, 15) is 0 Å². The lowest BCUT2D eigenvalue weighted by Gasteiger charge is -2.28. The van der Waals surface area contributed by atoms with Gasteiger partial charge in [-0.05, 0) is 97.8 Å². The van der Waals surface area contributed by atoms with E-state index in [1.807, 2.05) is 0 Å². The number of para-hydroxylation sites is 6. The molecule has 0 aliphatic carbocycles. The third kappa shape index (κ3) is 4.39. The van der Waals surface area contributed by atoms with Crippen LogP contribution in [0.15, 0.2) is 194 Å². The van der Waals surface area contributed by atoms with Gasteiger partial charge in [0, 0.05) is 65.8 Å². The largest absolute Gasteiger partial charge is 0.310 e. The van der Waals surface area contributed by atoms with Crippen molar-refractivity contribution in [2.24, 2.45) is 0 Å². The number of aromatic nitrogens is 2. The maximum atomic E-state index is 2.53. The summed E-state index contributed by atoms with van der Waals surface area (Å²) in [5, 5.41) is 10.1. The fourth-order valence-corrected chi connectivity index (χ4v) is 10.4. The Morgan fingerprint density at radius 3 is 1.12 bits per heavy atom. The lowest BCUT2D eigenvalue weighted by atomic mass is 10.0. The molecule has 282 valence electrons. The van der Waals surface area contributed by atoms with Gasteiger partial charge in [-0.1, -0.05) is 121 Å². The van der Waals surface area contributed by atoms with Crippen molar-refractivity contribution < 1.29 is 0 Å². The molecule has 60 heavy (non-hydrogen) atoms. The highest BCUT2D eigenvalue weighted by Gasteiger charge is 2.28. The summed E-state index contributed by atoms with van der Waals surface area (Å²) >= 11 is 0. The topological polar surface area (TPSA) is 15.3 Å². The maximum Gasteiger partial charge on any atom is 0.0641 e. The smallest absolute Gasteiger partial charge is 0.0641 e. The SMILES string of the molecule is Cc1ccccc1N(c1ccccc1)c1ccc2c3cc4c(cc3n3c5ccccc5c1c23)c1ccc(N(c2ccccc2)c2ccccc2C)c2c3ccccc3n4c12. The van der Waals surface area contributed by atoms with E-state index in [0.29, 0.717) is 0 Å². The molecule has 0 atom stereocenters. The van der Waals surface area contributed by atoms with E-state index in [1.165, 1.54) is 110 Å². The van der Waals surface area contributed by atoms with Crippen LogP contribution in [0.4, 0.5) is 34.1 Å². The molecule has 9 aromatic carbocycles. The lowest BCUT2D eigenvalue weighted by Crippen LogP contribution is -2.11. The van der Waals surface area contributed by atoms with Crippen molar-refractivity contribution in [3.8, 4) is 0 Å². The van der Waals surface area contributed by atoms with Gasteiger partial charge >= 0.3 is 0 Å². The molecule has 13 rings (SSSR count). The molecule has 0 unspecified atom stereocenters. The molecule has 4 nitrogen and oxygen atoms in total. The molecular formula is C56H38N4. The molecule has 0 aliphatic heterocycles. The van der Waals surface area contributed by atoms with Crippen LogP contribution >= 0.6 is 0 Å². The number of rotatable bonds is 6. The minimum atomic E-state index is 1.14. The zero-order chi connectivity index (χ0) is 39.6. The van der Waals surface area contributed by atoms with E-state index in [0.717, 1.165) is 11.4 Å². The predicted octanol–water partition coefficient (Wildman–Crippen LogP) is 15.5. The minimum absolute atomic E-state index is 1.14. The van der Waals surface area contributed by atoms with Gasteiger partial charge in [-0.15, -0.1) is 0 Å². The van der Waals surface area contributed by atoms with Gasteiger partial charge in [-0.3, -0.25) is 0 Å². The number of nitrogens with zero attached hydrogens (tertiary/aromatic N) is 4. The molecule has 0 saturated carbocycles. The predicted molar refractivity (Wildman–Crippen MR) is 255 cm³/mol. The molecule has 0 N–H and O–H groups in total. The maximum absolute atomic E-state index is 2.53. The average Bonchev–Trinajstić information content (AvgIpc) is 4.02. The first-order chi connectivity index (χ1) is 29.7. The molecule has 13 aromatic rings. The summed E-state index contributed by atoms with van der Waals surface area (Å²) in [6, 6.07) is 71.3. The highest BCUT2D eigenvalue weighted by molar-refractivity contribution is 6.32. The van der Waals surface area contributed by atoms with E-state index in [2.05, 4.69) is 227 Å². The summed E-state index contributed by atoms with van der Waals surface area (Å²) in [7, 11) is 0. The quantitative estimate of drug-likeness (QED) is 0.167. The van der Waals surface area contributed by atoms with Crippen LogP contribution in [0.1, 0.15) is 11.1 Å². The second kappa shape index (κ2) is 12.3. The van der Waals surface area contributed by atoms with Crippen molar-refractivity contribution in [2.75, 3.05) is 9.80 Å². The van der Waals surface area contributed by atoms with Crippen LogP contribution < -0.4 is 9.80 Å². The van der Waals surface area contributed by atoms with Crippen molar-refractivity contribution in [1.29, 1.82) is 0 Å². The first-order valence-corrected chi connectivity index (χ1v) is 20.8. The monoisotopic (exact) mass is 766 g/mol. The highest BCUT2D eigenvalue weighted by Crippen LogP contribution is 2.51. The molecule has 4 heteroatoms. The van der Waals surface area contributed by atoms with Gasteiger partial charge in [0.2, 0.25) is 0 Å². The number of aryl methyl sites for hydroxylation is 2. The van der Waals surface area contributed by atoms with Crippen LogP contribution in [0.5, 0.6) is 0 Å². The number of benzene rings is 9. The lowest BCUT2D eigenvalue weighted by molar-refractivity contribution is 1.26. The fourth-order valence-electron chi connectivity index (χ4n) is 10.4. The van der Waals surface area contributed by atoms with E-state index < -0.39 is 0 Å². The number of anilines is 6. The Balaban J connectivity index is 1.14. The summed E-state index contributed by atoms with van der Waals surface area (Å²) in [5.41, 5.74) is 16.9. The van der Waals surface area contributed by atoms with Gasteiger partial charge in [0.1, 0.15) is 0 Å². The minimum Gasteiger partial charge on any atom is -0.310 e. The van der Waals surface area contributed by atoms with Crippen molar-refractivity contribution in [1.82, 2.24) is 8.80 Å². The Kier molecular flexibility index (Phi) is 6.83. The van der Waals surface area contributed by atoms with E-state index in [-0.39, 0.29) is 0 Å². The summed E-state index contributed by atoms with van der Waals surface area (Å²) < 4.78 is 5.07. The second-order valence-corrected chi connectivity index (χ2v) is 16.2. The summed E-state index contributed by atoms with van der Waals surface area (Å²) in [5.74, 6) is 0. The number of fused-ring (bicyclic) bond motifs is 12. The zero-order valence-corrected chi connectivity index (χ0v) is 33.3. The van der Waals surface area contributed by atoms with Gasteiger partial charge in [0.25, 0.3) is 0 Å². The zero-order valence-electron chi connectivity index (χ0n) is 33.3. The van der Waals surface area contributed by atoms with Crippen LogP contribution in [0.25, 0.3) is 76.2 Å². The summed E-state index contributed by atoms with van der Waals surface area (Å²) in [4.78, 5) is 4.89. The van der Waals surface area contributed by atoms with Crippen LogP contribution in [-0.2, 0) is 0 Å². The molecule has 0 aliphatic rings.